The summed E-state index contributed by atoms with van der Waals surface area (Å²) in [7, 11) is 0. The van der Waals surface area contributed by atoms with Crippen LogP contribution in [0.2, 0.25) is 5.02 Å². The Balaban J connectivity index is 1.72. The van der Waals surface area contributed by atoms with E-state index in [2.05, 4.69) is 10.6 Å². The molecule has 6 heteroatoms. The predicted octanol–water partition coefficient (Wildman–Crippen LogP) is 4.25. The van der Waals surface area contributed by atoms with Gasteiger partial charge in [0, 0.05) is 11.6 Å². The molecular formula is C18H21ClN2O3. The van der Waals surface area contributed by atoms with Gasteiger partial charge in [-0.15, -0.1) is 0 Å². The van der Waals surface area contributed by atoms with E-state index in [1.54, 1.807) is 6.07 Å². The van der Waals surface area contributed by atoms with Gasteiger partial charge in [-0.3, -0.25) is 0 Å². The number of carbonyl (C=O) groups excluding carboxylic acids is 1. The number of urea groups is 1. The average Bonchev–Trinajstić information content (AvgIpc) is 2.53. The third kappa shape index (κ3) is 5.06. The molecule has 0 bridgehead atoms. The van der Waals surface area contributed by atoms with Crippen LogP contribution >= 0.6 is 11.6 Å². The van der Waals surface area contributed by atoms with Gasteiger partial charge in [0.05, 0.1) is 12.3 Å². The topological polar surface area (TPSA) is 70.6 Å². The second kappa shape index (κ2) is 8.45. The number of carbonyl (C=O) groups is 1. The smallest absolute Gasteiger partial charge is 0.319 e. The Hall–Kier alpha value is -2.40. The monoisotopic (exact) mass is 348 g/mol. The fourth-order valence-electron chi connectivity index (χ4n) is 2.25. The van der Waals surface area contributed by atoms with Crippen LogP contribution in [0.25, 0.3) is 0 Å². The summed E-state index contributed by atoms with van der Waals surface area (Å²) in [5.74, 6) is 0.860. The third-order valence-electron chi connectivity index (χ3n) is 3.47. The molecule has 3 N–H and O–H groups in total. The van der Waals surface area contributed by atoms with Crippen LogP contribution in [-0.4, -0.2) is 24.3 Å². The van der Waals surface area contributed by atoms with E-state index in [4.69, 9.17) is 16.3 Å². The first kappa shape index (κ1) is 17.9. The maximum atomic E-state index is 11.8. The lowest BCUT2D eigenvalue weighted by molar-refractivity contribution is 0.250. The highest BCUT2D eigenvalue weighted by atomic mass is 35.5. The number of phenols is 1. The largest absolute Gasteiger partial charge is 0.506 e. The number of amides is 2. The number of nitrogens with one attached hydrogen (secondary N) is 2. The molecule has 0 fully saturated rings. The Morgan fingerprint density at radius 1 is 1.21 bits per heavy atom. The summed E-state index contributed by atoms with van der Waals surface area (Å²) in [4.78, 5) is 11.8. The van der Waals surface area contributed by atoms with Crippen molar-refractivity contribution in [3.05, 3.63) is 52.5 Å². The van der Waals surface area contributed by atoms with Crippen LogP contribution in [0.5, 0.6) is 11.5 Å². The Morgan fingerprint density at radius 2 is 1.92 bits per heavy atom. The van der Waals surface area contributed by atoms with Gasteiger partial charge in [-0.05, 0) is 49.6 Å². The van der Waals surface area contributed by atoms with Crippen molar-refractivity contribution in [2.75, 3.05) is 18.5 Å². The van der Waals surface area contributed by atoms with E-state index in [-0.39, 0.29) is 11.4 Å². The molecule has 2 aromatic carbocycles. The van der Waals surface area contributed by atoms with Gasteiger partial charge in [-0.2, -0.15) is 0 Å². The number of aryl methyl sites for hydroxylation is 2. The van der Waals surface area contributed by atoms with Crippen LogP contribution in [0, 0.1) is 13.8 Å². The summed E-state index contributed by atoms with van der Waals surface area (Å²) in [6.07, 6.45) is 0.669. The Kier molecular flexibility index (Phi) is 6.32. The first-order chi connectivity index (χ1) is 11.5. The molecule has 0 aromatic heterocycles. The molecule has 0 radical (unpaired) electrons. The summed E-state index contributed by atoms with van der Waals surface area (Å²) in [5.41, 5.74) is 2.46. The fraction of sp³-hybridized carbons (Fsp3) is 0.278. The molecule has 128 valence electrons. The number of para-hydroxylation sites is 1. The number of ether oxygens (including phenoxy) is 1. The molecule has 0 aliphatic heterocycles. The third-order valence-corrected chi connectivity index (χ3v) is 3.70. The van der Waals surface area contributed by atoms with Crippen molar-refractivity contribution in [2.45, 2.75) is 20.3 Å². The zero-order valence-corrected chi connectivity index (χ0v) is 14.5. The first-order valence-electron chi connectivity index (χ1n) is 7.70. The summed E-state index contributed by atoms with van der Waals surface area (Å²) in [6, 6.07) is 10.1. The molecule has 2 aromatic rings. The summed E-state index contributed by atoms with van der Waals surface area (Å²) in [6.45, 7) is 4.98. The van der Waals surface area contributed by atoms with Crippen molar-refractivity contribution >= 4 is 23.3 Å². The van der Waals surface area contributed by atoms with E-state index in [1.807, 2.05) is 32.0 Å². The van der Waals surface area contributed by atoms with E-state index in [1.165, 1.54) is 12.1 Å². The van der Waals surface area contributed by atoms with Gasteiger partial charge < -0.3 is 20.5 Å². The SMILES string of the molecule is Cc1cccc(C)c1OCCCNC(=O)Nc1cc(Cl)ccc1O. The number of anilines is 1. The van der Waals surface area contributed by atoms with Gasteiger partial charge in [0.1, 0.15) is 11.5 Å². The van der Waals surface area contributed by atoms with Crippen LogP contribution in [0.1, 0.15) is 17.5 Å². The molecule has 0 aliphatic rings. The van der Waals surface area contributed by atoms with E-state index in [0.29, 0.717) is 24.6 Å². The molecule has 2 rings (SSSR count). The van der Waals surface area contributed by atoms with E-state index >= 15 is 0 Å². The van der Waals surface area contributed by atoms with Crippen molar-refractivity contribution in [1.29, 1.82) is 0 Å². The van der Waals surface area contributed by atoms with Crippen LogP contribution in [0.4, 0.5) is 10.5 Å². The van der Waals surface area contributed by atoms with Crippen LogP contribution in [0.15, 0.2) is 36.4 Å². The Labute approximate surface area is 146 Å². The summed E-state index contributed by atoms with van der Waals surface area (Å²) < 4.78 is 5.77. The summed E-state index contributed by atoms with van der Waals surface area (Å²) in [5, 5.41) is 15.3. The minimum Gasteiger partial charge on any atom is -0.506 e. The highest BCUT2D eigenvalue weighted by molar-refractivity contribution is 6.31. The van der Waals surface area contributed by atoms with Crippen molar-refractivity contribution < 1.29 is 14.6 Å². The molecule has 0 saturated heterocycles. The van der Waals surface area contributed by atoms with Crippen molar-refractivity contribution in [2.24, 2.45) is 0 Å². The molecule has 5 nitrogen and oxygen atoms in total. The highest BCUT2D eigenvalue weighted by Crippen LogP contribution is 2.26. The average molecular weight is 349 g/mol. The van der Waals surface area contributed by atoms with Crippen molar-refractivity contribution in [3.63, 3.8) is 0 Å². The molecule has 0 heterocycles. The van der Waals surface area contributed by atoms with Gasteiger partial charge in [0.25, 0.3) is 0 Å². The quantitative estimate of drug-likeness (QED) is 0.539. The van der Waals surface area contributed by atoms with Gasteiger partial charge in [-0.25, -0.2) is 4.79 Å². The minimum absolute atomic E-state index is 0.0343. The number of rotatable bonds is 6. The number of phenolic OH excluding ortho intramolecular Hbond substituents is 1. The molecule has 0 atom stereocenters. The highest BCUT2D eigenvalue weighted by Gasteiger charge is 2.07. The van der Waals surface area contributed by atoms with E-state index in [0.717, 1.165) is 16.9 Å². The van der Waals surface area contributed by atoms with E-state index < -0.39 is 6.03 Å². The van der Waals surface area contributed by atoms with Gasteiger partial charge in [0.2, 0.25) is 0 Å². The molecule has 0 aliphatic carbocycles. The van der Waals surface area contributed by atoms with Gasteiger partial charge in [0.15, 0.2) is 0 Å². The lowest BCUT2D eigenvalue weighted by Gasteiger charge is -2.12. The zero-order valence-electron chi connectivity index (χ0n) is 13.7. The second-order valence-electron chi connectivity index (χ2n) is 5.47. The number of benzene rings is 2. The van der Waals surface area contributed by atoms with E-state index in [9.17, 15) is 9.90 Å². The first-order valence-corrected chi connectivity index (χ1v) is 8.07. The molecule has 2 amide bonds. The lowest BCUT2D eigenvalue weighted by Crippen LogP contribution is -2.30. The van der Waals surface area contributed by atoms with Gasteiger partial charge in [-0.1, -0.05) is 29.8 Å². The molecule has 0 unspecified atom stereocenters. The normalized spacial score (nSPS) is 10.3. The molecular weight excluding hydrogens is 328 g/mol. The number of hydrogen-bond donors (Lipinski definition) is 3. The van der Waals surface area contributed by atoms with Crippen molar-refractivity contribution in [1.82, 2.24) is 5.32 Å². The maximum absolute atomic E-state index is 11.8. The Morgan fingerprint density at radius 3 is 2.62 bits per heavy atom. The minimum atomic E-state index is -0.403. The van der Waals surface area contributed by atoms with Crippen LogP contribution < -0.4 is 15.4 Å². The van der Waals surface area contributed by atoms with Crippen LogP contribution in [-0.2, 0) is 0 Å². The molecule has 24 heavy (non-hydrogen) atoms. The fourth-order valence-corrected chi connectivity index (χ4v) is 2.42. The molecule has 0 spiro atoms. The number of halogens is 1. The standard InChI is InChI=1S/C18H21ClN2O3/c1-12-5-3-6-13(2)17(12)24-10-4-9-20-18(23)21-15-11-14(19)7-8-16(15)22/h3,5-8,11,22H,4,9-10H2,1-2H3,(H2,20,21,23). The van der Waals surface area contributed by atoms with Gasteiger partial charge >= 0.3 is 6.03 Å². The predicted molar refractivity (Wildman–Crippen MR) is 96.2 cm³/mol. The Bertz CT molecular complexity index is 699. The summed E-state index contributed by atoms with van der Waals surface area (Å²) >= 11 is 5.83. The zero-order chi connectivity index (χ0) is 17.5. The number of aromatic hydroxyl groups is 1. The molecule has 0 saturated carbocycles. The van der Waals surface area contributed by atoms with Crippen molar-refractivity contribution in [3.8, 4) is 11.5 Å². The van der Waals surface area contributed by atoms with Crippen LogP contribution in [0.3, 0.4) is 0 Å². The lowest BCUT2D eigenvalue weighted by atomic mass is 10.1. The second-order valence-corrected chi connectivity index (χ2v) is 5.90. The number of hydrogen-bond acceptors (Lipinski definition) is 3. The maximum Gasteiger partial charge on any atom is 0.319 e.